The highest BCUT2D eigenvalue weighted by atomic mass is 15.0. The molecule has 2 rings (SSSR count). The van der Waals surface area contributed by atoms with Crippen molar-refractivity contribution in [3.63, 3.8) is 0 Å². The summed E-state index contributed by atoms with van der Waals surface area (Å²) in [5.41, 5.74) is 6.60. The van der Waals surface area contributed by atoms with Gasteiger partial charge in [0.15, 0.2) is 0 Å². The Morgan fingerprint density at radius 2 is 2.36 bits per heavy atom. The van der Waals surface area contributed by atoms with Crippen LogP contribution in [0.25, 0.3) is 0 Å². The van der Waals surface area contributed by atoms with Gasteiger partial charge >= 0.3 is 0 Å². The Labute approximate surface area is 65.6 Å². The maximum absolute atomic E-state index is 5.54. The van der Waals surface area contributed by atoms with Gasteiger partial charge in [0.25, 0.3) is 0 Å². The summed E-state index contributed by atoms with van der Waals surface area (Å²) in [6.07, 6.45) is 1.18. The Bertz CT molecular complexity index is 255. The highest BCUT2D eigenvalue weighted by Crippen LogP contribution is 2.20. The largest absolute Gasteiger partial charge is 0.384 e. The third-order valence-corrected chi connectivity index (χ3v) is 1.97. The molecule has 1 aliphatic heterocycles. The Kier molecular flexibility index (Phi) is 1.51. The summed E-state index contributed by atoms with van der Waals surface area (Å²) in [7, 11) is 0. The minimum absolute atomic E-state index is 0.443. The van der Waals surface area contributed by atoms with Crippen LogP contribution >= 0.6 is 0 Å². The minimum atomic E-state index is 0.443. The Hall–Kier alpha value is -1.09. The molecular formula is C8H11N3. The van der Waals surface area contributed by atoms with E-state index in [1.807, 2.05) is 18.2 Å². The first kappa shape index (κ1) is 6.61. The van der Waals surface area contributed by atoms with Gasteiger partial charge in [0.2, 0.25) is 0 Å². The van der Waals surface area contributed by atoms with E-state index in [4.69, 9.17) is 5.73 Å². The standard InChI is InChI=1S/C8H11N3/c9-8-3-1-2-7(11-8)6-4-5-10-6/h1-3,6,10H,4-5H2,(H2,9,11)/t6-/m0/s1. The lowest BCUT2D eigenvalue weighted by Crippen LogP contribution is -2.35. The second-order valence-electron chi connectivity index (χ2n) is 2.78. The van der Waals surface area contributed by atoms with E-state index in [9.17, 15) is 0 Å². The Morgan fingerprint density at radius 1 is 1.55 bits per heavy atom. The molecule has 58 valence electrons. The van der Waals surface area contributed by atoms with Crippen molar-refractivity contribution >= 4 is 5.82 Å². The molecule has 0 spiro atoms. The average molecular weight is 149 g/mol. The van der Waals surface area contributed by atoms with Gasteiger partial charge in [-0.2, -0.15) is 0 Å². The van der Waals surface area contributed by atoms with Crippen LogP contribution in [0.15, 0.2) is 18.2 Å². The van der Waals surface area contributed by atoms with Crippen molar-refractivity contribution in [1.29, 1.82) is 0 Å². The molecule has 1 atom stereocenters. The van der Waals surface area contributed by atoms with Crippen LogP contribution in [0.2, 0.25) is 0 Å². The lowest BCUT2D eigenvalue weighted by atomic mass is 10.0. The van der Waals surface area contributed by atoms with E-state index < -0.39 is 0 Å². The fourth-order valence-electron chi connectivity index (χ4n) is 1.20. The number of aromatic nitrogens is 1. The molecule has 0 radical (unpaired) electrons. The maximum Gasteiger partial charge on any atom is 0.123 e. The van der Waals surface area contributed by atoms with Crippen LogP contribution in [-0.2, 0) is 0 Å². The SMILES string of the molecule is Nc1cccc([C@@H]2CCN2)n1. The number of rotatable bonds is 1. The molecule has 11 heavy (non-hydrogen) atoms. The van der Waals surface area contributed by atoms with Crippen LogP contribution in [0.1, 0.15) is 18.2 Å². The van der Waals surface area contributed by atoms with Gasteiger partial charge in [0.1, 0.15) is 5.82 Å². The van der Waals surface area contributed by atoms with Gasteiger partial charge in [-0.25, -0.2) is 4.98 Å². The van der Waals surface area contributed by atoms with Gasteiger partial charge in [-0.1, -0.05) is 6.07 Å². The first-order valence-corrected chi connectivity index (χ1v) is 3.82. The summed E-state index contributed by atoms with van der Waals surface area (Å²) in [5, 5.41) is 3.27. The molecule has 1 saturated heterocycles. The molecule has 0 bridgehead atoms. The van der Waals surface area contributed by atoms with Crippen molar-refractivity contribution in [2.24, 2.45) is 0 Å². The molecule has 2 heterocycles. The third kappa shape index (κ3) is 1.19. The number of nitrogen functional groups attached to an aromatic ring is 1. The molecule has 0 aromatic carbocycles. The summed E-state index contributed by atoms with van der Waals surface area (Å²) >= 11 is 0. The van der Waals surface area contributed by atoms with E-state index in [1.54, 1.807) is 0 Å². The highest BCUT2D eigenvalue weighted by Gasteiger charge is 2.19. The van der Waals surface area contributed by atoms with Crippen molar-refractivity contribution in [1.82, 2.24) is 10.3 Å². The van der Waals surface area contributed by atoms with Crippen LogP contribution in [0.4, 0.5) is 5.82 Å². The quantitative estimate of drug-likeness (QED) is 0.618. The summed E-state index contributed by atoms with van der Waals surface area (Å²) in [6, 6.07) is 6.20. The van der Waals surface area contributed by atoms with Gasteiger partial charge in [0.05, 0.1) is 11.7 Å². The zero-order chi connectivity index (χ0) is 7.68. The average Bonchev–Trinajstić information content (AvgIpc) is 1.83. The molecule has 0 amide bonds. The second kappa shape index (κ2) is 2.51. The topological polar surface area (TPSA) is 50.9 Å². The van der Waals surface area contributed by atoms with Gasteiger partial charge in [-0.3, -0.25) is 0 Å². The monoisotopic (exact) mass is 149 g/mol. The molecule has 1 aliphatic rings. The third-order valence-electron chi connectivity index (χ3n) is 1.97. The number of pyridine rings is 1. The molecule has 1 fully saturated rings. The highest BCUT2D eigenvalue weighted by molar-refractivity contribution is 5.30. The molecular weight excluding hydrogens is 138 g/mol. The van der Waals surface area contributed by atoms with Crippen molar-refractivity contribution < 1.29 is 0 Å². The first-order valence-electron chi connectivity index (χ1n) is 3.82. The van der Waals surface area contributed by atoms with E-state index in [-0.39, 0.29) is 0 Å². The lowest BCUT2D eigenvalue weighted by Gasteiger charge is -2.26. The predicted molar refractivity (Wildman–Crippen MR) is 44.0 cm³/mol. The smallest absolute Gasteiger partial charge is 0.123 e. The number of nitrogens with zero attached hydrogens (tertiary/aromatic N) is 1. The predicted octanol–water partition coefficient (Wildman–Crippen LogP) is 0.698. The number of anilines is 1. The molecule has 3 N–H and O–H groups in total. The van der Waals surface area contributed by atoms with Crippen LogP contribution in [0.3, 0.4) is 0 Å². The van der Waals surface area contributed by atoms with E-state index in [1.165, 1.54) is 6.42 Å². The van der Waals surface area contributed by atoms with Crippen LogP contribution in [0, 0.1) is 0 Å². The number of nitrogens with one attached hydrogen (secondary N) is 1. The molecule has 1 aromatic heterocycles. The summed E-state index contributed by atoms with van der Waals surface area (Å²) < 4.78 is 0. The molecule has 3 nitrogen and oxygen atoms in total. The van der Waals surface area contributed by atoms with Gasteiger partial charge in [0, 0.05) is 0 Å². The number of nitrogens with two attached hydrogens (primary N) is 1. The summed E-state index contributed by atoms with van der Waals surface area (Å²) in [4.78, 5) is 4.21. The molecule has 1 aromatic rings. The second-order valence-corrected chi connectivity index (χ2v) is 2.78. The maximum atomic E-state index is 5.54. The molecule has 0 unspecified atom stereocenters. The van der Waals surface area contributed by atoms with Crippen LogP contribution in [0.5, 0.6) is 0 Å². The van der Waals surface area contributed by atoms with Crippen LogP contribution < -0.4 is 11.1 Å². The summed E-state index contributed by atoms with van der Waals surface area (Å²) in [6.45, 7) is 1.10. The van der Waals surface area contributed by atoms with E-state index in [2.05, 4.69) is 10.3 Å². The van der Waals surface area contributed by atoms with Crippen molar-refractivity contribution in [3.05, 3.63) is 23.9 Å². The minimum Gasteiger partial charge on any atom is -0.384 e. The van der Waals surface area contributed by atoms with E-state index in [0.29, 0.717) is 11.9 Å². The van der Waals surface area contributed by atoms with E-state index >= 15 is 0 Å². The zero-order valence-corrected chi connectivity index (χ0v) is 6.25. The van der Waals surface area contributed by atoms with Crippen molar-refractivity contribution in [2.45, 2.75) is 12.5 Å². The van der Waals surface area contributed by atoms with Crippen LogP contribution in [-0.4, -0.2) is 11.5 Å². The summed E-state index contributed by atoms with van der Waals surface area (Å²) in [5.74, 6) is 0.608. The van der Waals surface area contributed by atoms with E-state index in [0.717, 1.165) is 12.2 Å². The fourth-order valence-corrected chi connectivity index (χ4v) is 1.20. The number of hydrogen-bond donors (Lipinski definition) is 2. The van der Waals surface area contributed by atoms with Crippen molar-refractivity contribution in [3.8, 4) is 0 Å². The number of hydrogen-bond acceptors (Lipinski definition) is 3. The normalized spacial score (nSPS) is 22.7. The molecule has 0 aliphatic carbocycles. The Morgan fingerprint density at radius 3 is 2.91 bits per heavy atom. The zero-order valence-electron chi connectivity index (χ0n) is 6.25. The molecule has 0 saturated carbocycles. The lowest BCUT2D eigenvalue weighted by molar-refractivity contribution is 0.375. The first-order chi connectivity index (χ1) is 5.36. The Balaban J connectivity index is 2.23. The van der Waals surface area contributed by atoms with Gasteiger partial charge in [-0.05, 0) is 25.1 Å². The van der Waals surface area contributed by atoms with Gasteiger partial charge in [-0.15, -0.1) is 0 Å². The van der Waals surface area contributed by atoms with Crippen molar-refractivity contribution in [2.75, 3.05) is 12.3 Å². The molecule has 3 heteroatoms. The van der Waals surface area contributed by atoms with Gasteiger partial charge < -0.3 is 11.1 Å². The fraction of sp³-hybridized carbons (Fsp3) is 0.375.